The summed E-state index contributed by atoms with van der Waals surface area (Å²) in [5, 5.41) is 7.29. The number of anilines is 1. The number of carbonyl (C=O) groups excluding carboxylic acids is 2. The summed E-state index contributed by atoms with van der Waals surface area (Å²) >= 11 is 1.28. The molecule has 0 atom stereocenters. The van der Waals surface area contributed by atoms with Gasteiger partial charge < -0.3 is 10.6 Å². The molecular formula is C24H28N4O4S. The molecule has 1 aliphatic carbocycles. The molecular weight excluding hydrogens is 440 g/mol. The minimum Gasteiger partial charge on any atom is -0.359 e. The van der Waals surface area contributed by atoms with Crippen molar-refractivity contribution in [3.05, 3.63) is 62.1 Å². The van der Waals surface area contributed by atoms with Gasteiger partial charge in [0.1, 0.15) is 11.2 Å². The molecule has 2 N–H and O–H groups in total. The maximum atomic E-state index is 13.3. The fraction of sp³-hybridized carbons (Fsp3) is 0.417. The Morgan fingerprint density at radius 1 is 1.09 bits per heavy atom. The number of amides is 2. The van der Waals surface area contributed by atoms with Crippen LogP contribution in [-0.4, -0.2) is 28.0 Å². The molecule has 33 heavy (non-hydrogen) atoms. The lowest BCUT2D eigenvalue weighted by Gasteiger charge is -2.27. The monoisotopic (exact) mass is 468 g/mol. The highest BCUT2D eigenvalue weighted by Gasteiger charge is 2.27. The van der Waals surface area contributed by atoms with E-state index in [0.717, 1.165) is 31.2 Å². The Morgan fingerprint density at radius 3 is 2.55 bits per heavy atom. The maximum absolute atomic E-state index is 13.3. The molecule has 2 aromatic heterocycles. The first kappa shape index (κ1) is 23.0. The van der Waals surface area contributed by atoms with Gasteiger partial charge in [-0.15, -0.1) is 11.3 Å². The Labute approximate surface area is 195 Å². The molecule has 1 fully saturated rings. The van der Waals surface area contributed by atoms with Crippen molar-refractivity contribution in [2.45, 2.75) is 45.7 Å². The van der Waals surface area contributed by atoms with E-state index in [0.29, 0.717) is 22.4 Å². The predicted octanol–water partition coefficient (Wildman–Crippen LogP) is 2.72. The average Bonchev–Trinajstić information content (AvgIpc) is 3.29. The third-order valence-electron chi connectivity index (χ3n) is 6.34. The molecule has 174 valence electrons. The quantitative estimate of drug-likeness (QED) is 0.581. The van der Waals surface area contributed by atoms with Gasteiger partial charge in [0, 0.05) is 25.2 Å². The number of aryl methyl sites for hydroxylation is 1. The Kier molecular flexibility index (Phi) is 6.78. The first-order valence-electron chi connectivity index (χ1n) is 11.2. The van der Waals surface area contributed by atoms with Gasteiger partial charge in [0.05, 0.1) is 5.52 Å². The number of rotatable bonds is 6. The van der Waals surface area contributed by atoms with E-state index >= 15 is 0 Å². The Morgan fingerprint density at radius 2 is 1.85 bits per heavy atom. The van der Waals surface area contributed by atoms with Crippen LogP contribution in [-0.2, 0) is 22.7 Å². The number of carbonyl (C=O) groups is 2. The van der Waals surface area contributed by atoms with Crippen molar-refractivity contribution in [3.8, 4) is 0 Å². The molecule has 9 heteroatoms. The summed E-state index contributed by atoms with van der Waals surface area (Å²) in [5.41, 5.74) is 1.38. The largest absolute Gasteiger partial charge is 0.359 e. The van der Waals surface area contributed by atoms with Crippen LogP contribution in [0.1, 0.15) is 31.2 Å². The number of hydrogen-bond donors (Lipinski definition) is 2. The first-order valence-corrected chi connectivity index (χ1v) is 12.0. The normalized spacial score (nSPS) is 18.2. The van der Waals surface area contributed by atoms with E-state index in [-0.39, 0.29) is 35.8 Å². The number of nitrogens with zero attached hydrogens (tertiary/aromatic N) is 2. The summed E-state index contributed by atoms with van der Waals surface area (Å²) < 4.78 is 3.12. The van der Waals surface area contributed by atoms with Gasteiger partial charge in [-0.2, -0.15) is 0 Å². The van der Waals surface area contributed by atoms with Crippen LogP contribution in [0.5, 0.6) is 0 Å². The first-order chi connectivity index (χ1) is 15.9. The highest BCUT2D eigenvalue weighted by atomic mass is 32.1. The van der Waals surface area contributed by atoms with Crippen molar-refractivity contribution in [2.24, 2.45) is 11.8 Å². The number of benzene rings is 1. The molecule has 1 aliphatic rings. The molecule has 0 unspecified atom stereocenters. The zero-order chi connectivity index (χ0) is 23.5. The fourth-order valence-electron chi connectivity index (χ4n) is 4.58. The van der Waals surface area contributed by atoms with Crippen LogP contribution in [0.25, 0.3) is 10.2 Å². The predicted molar refractivity (Wildman–Crippen MR) is 130 cm³/mol. The molecule has 4 rings (SSSR count). The Balaban J connectivity index is 1.57. The molecule has 8 nitrogen and oxygen atoms in total. The van der Waals surface area contributed by atoms with E-state index in [1.807, 2.05) is 25.1 Å². The summed E-state index contributed by atoms with van der Waals surface area (Å²) in [4.78, 5) is 51.0. The molecule has 0 aliphatic heterocycles. The van der Waals surface area contributed by atoms with Gasteiger partial charge >= 0.3 is 5.69 Å². The average molecular weight is 469 g/mol. The summed E-state index contributed by atoms with van der Waals surface area (Å²) in [5.74, 6) is -0.146. The van der Waals surface area contributed by atoms with E-state index in [1.165, 1.54) is 20.5 Å². The lowest BCUT2D eigenvalue weighted by molar-refractivity contribution is -0.125. The van der Waals surface area contributed by atoms with E-state index in [4.69, 9.17) is 0 Å². The topological polar surface area (TPSA) is 102 Å². The number of hydrogen-bond acceptors (Lipinski definition) is 5. The van der Waals surface area contributed by atoms with Crippen LogP contribution in [0, 0.1) is 18.8 Å². The molecule has 1 saturated carbocycles. The van der Waals surface area contributed by atoms with Crippen LogP contribution >= 0.6 is 11.3 Å². The summed E-state index contributed by atoms with van der Waals surface area (Å²) in [6.07, 6.45) is 3.04. The van der Waals surface area contributed by atoms with Gasteiger partial charge in [0.15, 0.2) is 0 Å². The van der Waals surface area contributed by atoms with Crippen molar-refractivity contribution >= 4 is 39.1 Å². The maximum Gasteiger partial charge on any atom is 0.332 e. The Hall–Kier alpha value is -3.20. The minimum absolute atomic E-state index is 0.00951. The standard InChI is InChI=1S/C24H28N4O4S/c1-15-4-3-5-18(12-15)26-20(29)14-27-19-10-11-33-21(19)23(31)28(24(27)32)13-16-6-8-17(9-7-16)22(30)25-2/h3-5,10-12,16-17H,6-9,13-14H2,1-2H3,(H,25,30)(H,26,29). The van der Waals surface area contributed by atoms with Gasteiger partial charge in [-0.3, -0.25) is 23.5 Å². The summed E-state index contributed by atoms with van der Waals surface area (Å²) in [6.45, 7) is 2.06. The summed E-state index contributed by atoms with van der Waals surface area (Å²) in [6, 6.07) is 9.16. The van der Waals surface area contributed by atoms with E-state index < -0.39 is 5.69 Å². The van der Waals surface area contributed by atoms with Crippen molar-refractivity contribution in [1.82, 2.24) is 14.5 Å². The number of nitrogens with one attached hydrogen (secondary N) is 2. The zero-order valence-electron chi connectivity index (χ0n) is 18.8. The molecule has 0 spiro atoms. The zero-order valence-corrected chi connectivity index (χ0v) is 19.6. The minimum atomic E-state index is -0.473. The second-order valence-corrected chi connectivity index (χ2v) is 9.59. The number of fused-ring (bicyclic) bond motifs is 1. The van der Waals surface area contributed by atoms with Crippen molar-refractivity contribution in [2.75, 3.05) is 12.4 Å². The smallest absolute Gasteiger partial charge is 0.332 e. The second-order valence-electron chi connectivity index (χ2n) is 8.67. The molecule has 0 bridgehead atoms. The molecule has 3 aromatic rings. The van der Waals surface area contributed by atoms with E-state index in [1.54, 1.807) is 24.6 Å². The van der Waals surface area contributed by atoms with E-state index in [9.17, 15) is 19.2 Å². The second kappa shape index (κ2) is 9.74. The van der Waals surface area contributed by atoms with Crippen LogP contribution in [0.4, 0.5) is 5.69 Å². The van der Waals surface area contributed by atoms with Crippen LogP contribution in [0.15, 0.2) is 45.3 Å². The van der Waals surface area contributed by atoms with Crippen molar-refractivity contribution in [3.63, 3.8) is 0 Å². The number of thiophene rings is 1. The van der Waals surface area contributed by atoms with Gasteiger partial charge in [-0.25, -0.2) is 4.79 Å². The molecule has 2 heterocycles. The number of aromatic nitrogens is 2. The highest BCUT2D eigenvalue weighted by Crippen LogP contribution is 2.29. The van der Waals surface area contributed by atoms with Gasteiger partial charge in [0.2, 0.25) is 11.8 Å². The van der Waals surface area contributed by atoms with E-state index in [2.05, 4.69) is 10.6 Å². The lowest BCUT2D eigenvalue weighted by Crippen LogP contribution is -2.43. The van der Waals surface area contributed by atoms with Crippen LogP contribution < -0.4 is 21.9 Å². The van der Waals surface area contributed by atoms with Crippen molar-refractivity contribution in [1.29, 1.82) is 0 Å². The molecule has 2 amide bonds. The Bertz CT molecular complexity index is 1300. The van der Waals surface area contributed by atoms with Crippen molar-refractivity contribution < 1.29 is 9.59 Å². The molecule has 0 radical (unpaired) electrons. The molecule has 0 saturated heterocycles. The van der Waals surface area contributed by atoms with Gasteiger partial charge in [-0.05, 0) is 67.7 Å². The third kappa shape index (κ3) is 4.93. The van der Waals surface area contributed by atoms with Gasteiger partial charge in [0.25, 0.3) is 5.56 Å². The van der Waals surface area contributed by atoms with Crippen LogP contribution in [0.3, 0.4) is 0 Å². The SMILES string of the molecule is CNC(=O)C1CCC(Cn2c(=O)c3sccc3n(CC(=O)Nc3cccc(C)c3)c2=O)CC1. The van der Waals surface area contributed by atoms with Gasteiger partial charge in [-0.1, -0.05) is 12.1 Å². The van der Waals surface area contributed by atoms with Crippen LogP contribution in [0.2, 0.25) is 0 Å². The molecule has 1 aromatic carbocycles. The summed E-state index contributed by atoms with van der Waals surface area (Å²) in [7, 11) is 1.64. The highest BCUT2D eigenvalue weighted by molar-refractivity contribution is 7.17. The third-order valence-corrected chi connectivity index (χ3v) is 7.24. The fourth-order valence-corrected chi connectivity index (χ4v) is 5.43. The lowest BCUT2D eigenvalue weighted by atomic mass is 9.81.